The van der Waals surface area contributed by atoms with Crippen LogP contribution in [0.2, 0.25) is 0 Å². The Kier molecular flexibility index (Phi) is 5.34. The minimum absolute atomic E-state index is 0.0215. The number of aromatic nitrogens is 2. The maximum absolute atomic E-state index is 13.3. The van der Waals surface area contributed by atoms with Crippen LogP contribution in [-0.2, 0) is 13.1 Å². The van der Waals surface area contributed by atoms with Crippen LogP contribution in [0.4, 0.5) is 8.78 Å². The van der Waals surface area contributed by atoms with E-state index >= 15 is 0 Å². The first-order valence-electron chi connectivity index (χ1n) is 9.27. The van der Waals surface area contributed by atoms with Gasteiger partial charge in [-0.15, -0.1) is 0 Å². The van der Waals surface area contributed by atoms with Gasteiger partial charge >= 0.3 is 0 Å². The second kappa shape index (κ2) is 8.24. The summed E-state index contributed by atoms with van der Waals surface area (Å²) in [5, 5.41) is 0.455. The van der Waals surface area contributed by atoms with Crippen molar-refractivity contribution >= 4 is 16.8 Å². The lowest BCUT2D eigenvalue weighted by atomic mass is 10.1. The number of halogens is 2. The van der Waals surface area contributed by atoms with Crippen molar-refractivity contribution in [3.63, 3.8) is 0 Å². The number of H-pyrrole nitrogens is 1. The Hall–Kier alpha value is -3.87. The Balaban J connectivity index is 1.69. The molecule has 0 unspecified atom stereocenters. The molecule has 0 saturated carbocycles. The number of rotatable bonds is 5. The molecule has 0 aliphatic rings. The minimum Gasteiger partial charge on any atom is -0.327 e. The van der Waals surface area contributed by atoms with Crippen molar-refractivity contribution in [2.45, 2.75) is 13.1 Å². The number of para-hydroxylation sites is 1. The summed E-state index contributed by atoms with van der Waals surface area (Å²) in [6.45, 7) is 0.181. The molecule has 150 valence electrons. The molecule has 0 aliphatic carbocycles. The lowest BCUT2D eigenvalue weighted by Crippen LogP contribution is -2.31. The van der Waals surface area contributed by atoms with Gasteiger partial charge in [0.25, 0.3) is 11.5 Å². The van der Waals surface area contributed by atoms with Crippen LogP contribution < -0.4 is 5.56 Å². The van der Waals surface area contributed by atoms with E-state index in [0.717, 1.165) is 0 Å². The summed E-state index contributed by atoms with van der Waals surface area (Å²) in [5.74, 6) is -0.876. The van der Waals surface area contributed by atoms with Crippen molar-refractivity contribution in [2.24, 2.45) is 0 Å². The zero-order chi connectivity index (χ0) is 21.1. The highest BCUT2D eigenvalue weighted by Crippen LogP contribution is 2.15. The Bertz CT molecular complexity index is 1250. The third kappa shape index (κ3) is 4.25. The molecule has 1 amide bonds. The van der Waals surface area contributed by atoms with Crippen molar-refractivity contribution in [3.8, 4) is 0 Å². The number of benzene rings is 3. The molecule has 0 aliphatic heterocycles. The topological polar surface area (TPSA) is 66.1 Å². The predicted octanol–water partition coefficient (Wildman–Crippen LogP) is 4.04. The molecule has 4 rings (SSSR count). The molecule has 1 aromatic heterocycles. The van der Waals surface area contributed by atoms with Gasteiger partial charge in [0.2, 0.25) is 0 Å². The van der Waals surface area contributed by atoms with E-state index in [9.17, 15) is 18.4 Å². The highest BCUT2D eigenvalue weighted by Gasteiger charge is 2.18. The fourth-order valence-corrected chi connectivity index (χ4v) is 3.18. The molecule has 1 N–H and O–H groups in total. The van der Waals surface area contributed by atoms with Gasteiger partial charge in [0.15, 0.2) is 0 Å². The summed E-state index contributed by atoms with van der Waals surface area (Å²) in [4.78, 5) is 34.1. The number of carbonyl (C=O) groups is 1. The van der Waals surface area contributed by atoms with Gasteiger partial charge in [-0.2, -0.15) is 0 Å². The molecular weight excluding hydrogens is 388 g/mol. The molecule has 0 radical (unpaired) electrons. The molecule has 0 spiro atoms. The maximum Gasteiger partial charge on any atom is 0.258 e. The van der Waals surface area contributed by atoms with Gasteiger partial charge in [-0.3, -0.25) is 9.59 Å². The van der Waals surface area contributed by atoms with Crippen LogP contribution in [-0.4, -0.2) is 20.8 Å². The van der Waals surface area contributed by atoms with E-state index in [0.29, 0.717) is 27.9 Å². The minimum atomic E-state index is -0.447. The lowest BCUT2D eigenvalue weighted by molar-refractivity contribution is 0.0725. The number of aromatic amines is 1. The number of amides is 1. The number of hydrogen-bond acceptors (Lipinski definition) is 3. The van der Waals surface area contributed by atoms with Crippen molar-refractivity contribution in [1.29, 1.82) is 0 Å². The number of fused-ring (bicyclic) bond motifs is 1. The third-order valence-corrected chi connectivity index (χ3v) is 4.67. The summed E-state index contributed by atoms with van der Waals surface area (Å²) < 4.78 is 26.5. The van der Waals surface area contributed by atoms with Crippen LogP contribution in [0.1, 0.15) is 21.7 Å². The number of nitrogens with zero attached hydrogens (tertiary/aromatic N) is 2. The molecule has 30 heavy (non-hydrogen) atoms. The first kappa shape index (κ1) is 19.4. The SMILES string of the molecule is O=C(c1ccc(F)cc1)N(Cc1ccc(F)cc1)Cc1nc2ccccc2c(=O)[nH]1. The second-order valence-corrected chi connectivity index (χ2v) is 6.82. The average Bonchev–Trinajstić information content (AvgIpc) is 2.75. The molecule has 7 heteroatoms. The summed E-state index contributed by atoms with van der Waals surface area (Å²) in [5.41, 5.74) is 1.22. The Labute approximate surface area is 170 Å². The molecule has 1 heterocycles. The zero-order valence-electron chi connectivity index (χ0n) is 15.8. The third-order valence-electron chi connectivity index (χ3n) is 4.67. The normalized spacial score (nSPS) is 10.9. The highest BCUT2D eigenvalue weighted by molar-refractivity contribution is 5.94. The summed E-state index contributed by atoms with van der Waals surface area (Å²) in [6, 6.07) is 17.9. The van der Waals surface area contributed by atoms with Crippen LogP contribution in [0.25, 0.3) is 10.9 Å². The molecule has 0 bridgehead atoms. The van der Waals surface area contributed by atoms with E-state index < -0.39 is 5.82 Å². The van der Waals surface area contributed by atoms with E-state index in [4.69, 9.17) is 0 Å². The summed E-state index contributed by atoms with van der Waals surface area (Å²) in [6.07, 6.45) is 0. The smallest absolute Gasteiger partial charge is 0.258 e. The first-order valence-corrected chi connectivity index (χ1v) is 9.27. The number of nitrogens with one attached hydrogen (secondary N) is 1. The van der Waals surface area contributed by atoms with Crippen LogP contribution in [0, 0.1) is 11.6 Å². The molecule has 0 atom stereocenters. The van der Waals surface area contributed by atoms with Crippen LogP contribution in [0.5, 0.6) is 0 Å². The lowest BCUT2D eigenvalue weighted by Gasteiger charge is -2.22. The summed E-state index contributed by atoms with van der Waals surface area (Å²) in [7, 11) is 0. The van der Waals surface area contributed by atoms with Crippen LogP contribution in [0.3, 0.4) is 0 Å². The van der Waals surface area contributed by atoms with Crippen molar-refractivity contribution in [2.75, 3.05) is 0 Å². The fourth-order valence-electron chi connectivity index (χ4n) is 3.18. The van der Waals surface area contributed by atoms with Crippen LogP contribution in [0.15, 0.2) is 77.6 Å². The van der Waals surface area contributed by atoms with Crippen molar-refractivity contribution < 1.29 is 13.6 Å². The summed E-state index contributed by atoms with van der Waals surface area (Å²) >= 11 is 0. The van der Waals surface area contributed by atoms with Gasteiger partial charge in [-0.1, -0.05) is 24.3 Å². The van der Waals surface area contributed by atoms with Gasteiger partial charge in [-0.05, 0) is 54.1 Å². The fraction of sp³-hybridized carbons (Fsp3) is 0.0870. The van der Waals surface area contributed by atoms with E-state index in [1.54, 1.807) is 36.4 Å². The van der Waals surface area contributed by atoms with Gasteiger partial charge in [-0.25, -0.2) is 13.8 Å². The second-order valence-electron chi connectivity index (χ2n) is 6.82. The van der Waals surface area contributed by atoms with Gasteiger partial charge < -0.3 is 9.88 Å². The predicted molar refractivity (Wildman–Crippen MR) is 109 cm³/mol. The van der Waals surface area contributed by atoms with E-state index in [1.165, 1.54) is 41.3 Å². The Morgan fingerprint density at radius 3 is 2.20 bits per heavy atom. The largest absolute Gasteiger partial charge is 0.327 e. The molecule has 0 fully saturated rings. The molecule has 5 nitrogen and oxygen atoms in total. The zero-order valence-corrected chi connectivity index (χ0v) is 15.8. The van der Waals surface area contributed by atoms with Crippen molar-refractivity contribution in [1.82, 2.24) is 14.9 Å². The van der Waals surface area contributed by atoms with Gasteiger partial charge in [0.1, 0.15) is 17.5 Å². The molecule has 0 saturated heterocycles. The van der Waals surface area contributed by atoms with Crippen LogP contribution >= 0.6 is 0 Å². The van der Waals surface area contributed by atoms with E-state index in [2.05, 4.69) is 9.97 Å². The standard InChI is InChI=1S/C23H17F2N3O2/c24-17-9-5-15(6-10-17)13-28(23(30)16-7-11-18(25)12-8-16)14-21-26-20-4-2-1-3-19(20)22(29)27-21/h1-12H,13-14H2,(H,26,27,29). The van der Waals surface area contributed by atoms with E-state index in [-0.39, 0.29) is 30.4 Å². The number of carbonyl (C=O) groups excluding carboxylic acids is 1. The number of hydrogen-bond donors (Lipinski definition) is 1. The van der Waals surface area contributed by atoms with E-state index in [1.807, 2.05) is 0 Å². The Morgan fingerprint density at radius 2 is 1.50 bits per heavy atom. The molecule has 4 aromatic rings. The average molecular weight is 405 g/mol. The highest BCUT2D eigenvalue weighted by atomic mass is 19.1. The first-order chi connectivity index (χ1) is 14.5. The molecular formula is C23H17F2N3O2. The van der Waals surface area contributed by atoms with Gasteiger partial charge in [0.05, 0.1) is 17.4 Å². The van der Waals surface area contributed by atoms with Crippen molar-refractivity contribution in [3.05, 3.63) is 112 Å². The van der Waals surface area contributed by atoms with Gasteiger partial charge in [0, 0.05) is 12.1 Å². The molecule has 3 aromatic carbocycles. The monoisotopic (exact) mass is 405 g/mol. The maximum atomic E-state index is 13.3. The Morgan fingerprint density at radius 1 is 0.867 bits per heavy atom. The quantitative estimate of drug-likeness (QED) is 0.545.